The van der Waals surface area contributed by atoms with Gasteiger partial charge in [-0.2, -0.15) is 13.2 Å². The number of alkyl halides is 3. The predicted molar refractivity (Wildman–Crippen MR) is 130 cm³/mol. The Kier molecular flexibility index (Phi) is 6.13. The van der Waals surface area contributed by atoms with Crippen molar-refractivity contribution in [3.8, 4) is 11.4 Å². The summed E-state index contributed by atoms with van der Waals surface area (Å²) >= 11 is 6.12. The van der Waals surface area contributed by atoms with Gasteiger partial charge in [0, 0.05) is 39.6 Å². The van der Waals surface area contributed by atoms with E-state index in [1.807, 2.05) is 43.3 Å². The molecule has 7 nitrogen and oxygen atoms in total. The van der Waals surface area contributed by atoms with E-state index >= 15 is 0 Å². The molecule has 0 saturated heterocycles. The minimum atomic E-state index is -4.56. The molecule has 0 spiro atoms. The van der Waals surface area contributed by atoms with Crippen molar-refractivity contribution in [2.24, 2.45) is 0 Å². The van der Waals surface area contributed by atoms with Crippen LogP contribution in [-0.4, -0.2) is 37.4 Å². The van der Waals surface area contributed by atoms with E-state index in [-0.39, 0.29) is 30.4 Å². The van der Waals surface area contributed by atoms with Gasteiger partial charge in [0.1, 0.15) is 11.4 Å². The Morgan fingerprint density at radius 1 is 1.14 bits per heavy atom. The second kappa shape index (κ2) is 9.27. The average molecular weight is 513 g/mol. The van der Waals surface area contributed by atoms with Crippen LogP contribution in [0.1, 0.15) is 24.0 Å². The lowest BCUT2D eigenvalue weighted by Crippen LogP contribution is -2.31. The van der Waals surface area contributed by atoms with Crippen LogP contribution in [0.3, 0.4) is 0 Å². The minimum Gasteiger partial charge on any atom is -0.355 e. The van der Waals surface area contributed by atoms with Gasteiger partial charge in [-0.25, -0.2) is 0 Å². The highest BCUT2D eigenvalue weighted by Gasteiger charge is 2.35. The third-order valence-electron chi connectivity index (χ3n) is 6.01. The number of amides is 1. The van der Waals surface area contributed by atoms with Gasteiger partial charge in [-0.3, -0.25) is 14.5 Å². The van der Waals surface area contributed by atoms with Gasteiger partial charge in [-0.15, -0.1) is 5.10 Å². The van der Waals surface area contributed by atoms with E-state index in [0.717, 1.165) is 33.4 Å². The predicted octanol–water partition coefficient (Wildman–Crippen LogP) is 5.57. The number of pyridine rings is 1. The Bertz CT molecular complexity index is 1580. The highest BCUT2D eigenvalue weighted by Crippen LogP contribution is 2.35. The maximum absolute atomic E-state index is 13.3. The number of benzene rings is 2. The summed E-state index contributed by atoms with van der Waals surface area (Å²) in [6.07, 6.45) is -1.91. The number of aromatic amines is 1. The van der Waals surface area contributed by atoms with Crippen LogP contribution in [0.2, 0.25) is 5.02 Å². The van der Waals surface area contributed by atoms with Gasteiger partial charge in [0.25, 0.3) is 0 Å². The fourth-order valence-corrected chi connectivity index (χ4v) is 4.29. The summed E-state index contributed by atoms with van der Waals surface area (Å²) in [7, 11) is 0. The van der Waals surface area contributed by atoms with E-state index < -0.39 is 17.7 Å². The van der Waals surface area contributed by atoms with E-state index in [2.05, 4.69) is 25.6 Å². The number of nitrogens with one attached hydrogen (secondary N) is 2. The van der Waals surface area contributed by atoms with Crippen LogP contribution >= 0.6 is 11.6 Å². The van der Waals surface area contributed by atoms with Gasteiger partial charge >= 0.3 is 6.18 Å². The summed E-state index contributed by atoms with van der Waals surface area (Å²) in [4.78, 5) is 19.9. The highest BCUT2D eigenvalue weighted by molar-refractivity contribution is 6.31. The Morgan fingerprint density at radius 3 is 2.78 bits per heavy atom. The van der Waals surface area contributed by atoms with Gasteiger partial charge in [0.2, 0.25) is 5.91 Å². The monoisotopic (exact) mass is 512 g/mol. The Labute approximate surface area is 208 Å². The molecule has 2 aromatic carbocycles. The summed E-state index contributed by atoms with van der Waals surface area (Å²) in [5, 5.41) is 13.2. The fourth-order valence-electron chi connectivity index (χ4n) is 4.12. The summed E-state index contributed by atoms with van der Waals surface area (Å²) in [6, 6.07) is 13.6. The molecule has 184 valence electrons. The van der Waals surface area contributed by atoms with Gasteiger partial charge < -0.3 is 10.3 Å². The van der Waals surface area contributed by atoms with E-state index in [0.29, 0.717) is 5.02 Å². The summed E-state index contributed by atoms with van der Waals surface area (Å²) in [5.41, 5.74) is 1.56. The molecule has 5 aromatic rings. The molecule has 1 atom stereocenters. The van der Waals surface area contributed by atoms with Crippen molar-refractivity contribution >= 4 is 39.3 Å². The molecule has 2 N–H and O–H groups in total. The van der Waals surface area contributed by atoms with Crippen LogP contribution in [-0.2, 0) is 17.5 Å². The van der Waals surface area contributed by atoms with Crippen molar-refractivity contribution in [1.82, 2.24) is 30.3 Å². The minimum absolute atomic E-state index is 0.00976. The molecule has 0 saturated carbocycles. The number of nitrogens with zero attached hydrogens (tertiary/aromatic N) is 4. The van der Waals surface area contributed by atoms with Crippen molar-refractivity contribution < 1.29 is 18.0 Å². The van der Waals surface area contributed by atoms with Crippen LogP contribution in [0.25, 0.3) is 33.2 Å². The summed E-state index contributed by atoms with van der Waals surface area (Å²) in [6.45, 7) is 2.28. The zero-order chi connectivity index (χ0) is 25.4. The summed E-state index contributed by atoms with van der Waals surface area (Å²) in [5.74, 6) is -0.600. The molecule has 0 bridgehead atoms. The maximum Gasteiger partial charge on any atom is 0.418 e. The van der Waals surface area contributed by atoms with Gasteiger partial charge in [0.15, 0.2) is 0 Å². The highest BCUT2D eigenvalue weighted by atomic mass is 35.5. The molecule has 11 heteroatoms. The van der Waals surface area contributed by atoms with Crippen LogP contribution in [0.4, 0.5) is 13.2 Å². The third kappa shape index (κ3) is 4.64. The smallest absolute Gasteiger partial charge is 0.355 e. The molecule has 5 rings (SSSR count). The zero-order valence-corrected chi connectivity index (χ0v) is 19.7. The van der Waals surface area contributed by atoms with Crippen LogP contribution in [0.15, 0.2) is 60.9 Å². The molecule has 1 unspecified atom stereocenters. The average Bonchev–Trinajstić information content (AvgIpc) is 3.47. The zero-order valence-electron chi connectivity index (χ0n) is 19.0. The Balaban J connectivity index is 1.24. The Morgan fingerprint density at radius 2 is 1.97 bits per heavy atom. The molecule has 1 amide bonds. The van der Waals surface area contributed by atoms with Crippen LogP contribution in [0.5, 0.6) is 0 Å². The van der Waals surface area contributed by atoms with Crippen LogP contribution in [0, 0.1) is 0 Å². The third-order valence-corrected chi connectivity index (χ3v) is 6.25. The molecule has 3 heterocycles. The second-order valence-corrected chi connectivity index (χ2v) is 8.83. The first-order valence-corrected chi connectivity index (χ1v) is 11.5. The number of fused-ring (bicyclic) bond motifs is 3. The standard InChI is InChI=1S/C25H20ClF3N6O/c1-14(15-4-6-17-18-12-16(26)5-7-20(18)32-21(17)11-15)24(36)31-9-10-35-13-22(33-34-35)23-19(25(27,28)29)3-2-8-30-23/h2-8,11-14,32H,9-10H2,1H3,(H,31,36). The lowest BCUT2D eigenvalue weighted by atomic mass is 9.98. The molecule has 0 radical (unpaired) electrons. The van der Waals surface area contributed by atoms with Crippen molar-refractivity contribution in [2.75, 3.05) is 6.54 Å². The molecule has 0 aliphatic heterocycles. The number of rotatable bonds is 6. The van der Waals surface area contributed by atoms with Crippen molar-refractivity contribution in [1.29, 1.82) is 0 Å². The quantitative estimate of drug-likeness (QED) is 0.311. The van der Waals surface area contributed by atoms with E-state index in [9.17, 15) is 18.0 Å². The van der Waals surface area contributed by atoms with Gasteiger partial charge in [0.05, 0.1) is 24.2 Å². The SMILES string of the molecule is CC(C(=O)NCCn1cc(-c2ncccc2C(F)(F)F)nn1)c1ccc2c(c1)[nH]c1ccc(Cl)cc12. The maximum atomic E-state index is 13.3. The molecule has 36 heavy (non-hydrogen) atoms. The number of carbonyl (C=O) groups excluding carboxylic acids is 1. The van der Waals surface area contributed by atoms with E-state index in [4.69, 9.17) is 11.6 Å². The number of aromatic nitrogens is 5. The number of halogens is 4. The van der Waals surface area contributed by atoms with Crippen molar-refractivity contribution in [2.45, 2.75) is 25.6 Å². The first-order chi connectivity index (χ1) is 17.2. The first-order valence-electron chi connectivity index (χ1n) is 11.1. The van der Waals surface area contributed by atoms with Crippen molar-refractivity contribution in [3.63, 3.8) is 0 Å². The lowest BCUT2D eigenvalue weighted by Gasteiger charge is -2.13. The largest absolute Gasteiger partial charge is 0.418 e. The Hall–Kier alpha value is -3.92. The fraction of sp³-hybridized carbons (Fsp3) is 0.200. The first kappa shape index (κ1) is 23.8. The molecule has 3 aromatic heterocycles. The molecule has 0 aliphatic carbocycles. The molecule has 0 fully saturated rings. The second-order valence-electron chi connectivity index (χ2n) is 8.40. The van der Waals surface area contributed by atoms with E-state index in [1.165, 1.54) is 23.1 Å². The van der Waals surface area contributed by atoms with Crippen LogP contribution < -0.4 is 5.32 Å². The topological polar surface area (TPSA) is 88.5 Å². The number of hydrogen-bond acceptors (Lipinski definition) is 4. The van der Waals surface area contributed by atoms with Crippen molar-refractivity contribution in [3.05, 3.63) is 77.1 Å². The normalized spacial score (nSPS) is 12.8. The molecular weight excluding hydrogens is 493 g/mol. The van der Waals surface area contributed by atoms with Gasteiger partial charge in [-0.1, -0.05) is 28.9 Å². The number of hydrogen-bond donors (Lipinski definition) is 2. The van der Waals surface area contributed by atoms with E-state index in [1.54, 1.807) is 0 Å². The lowest BCUT2D eigenvalue weighted by molar-refractivity contribution is -0.137. The molecule has 0 aliphatic rings. The number of H-pyrrole nitrogens is 1. The number of carbonyl (C=O) groups is 1. The molecular formula is C25H20ClF3N6O. The van der Waals surface area contributed by atoms with Gasteiger partial charge in [-0.05, 0) is 48.9 Å². The summed E-state index contributed by atoms with van der Waals surface area (Å²) < 4.78 is 41.1.